The Balaban J connectivity index is 1.40. The van der Waals surface area contributed by atoms with E-state index in [1.54, 1.807) is 12.0 Å². The summed E-state index contributed by atoms with van der Waals surface area (Å²) in [5.74, 6) is -0.183. The molecule has 4 rings (SSSR count). The van der Waals surface area contributed by atoms with E-state index in [2.05, 4.69) is 20.8 Å². The maximum absolute atomic E-state index is 13.1. The Morgan fingerprint density at radius 3 is 2.70 bits per heavy atom. The molecule has 3 amide bonds. The fourth-order valence-corrected chi connectivity index (χ4v) is 4.55. The summed E-state index contributed by atoms with van der Waals surface area (Å²) < 4.78 is 18.4. The Kier molecular flexibility index (Phi) is 6.83. The summed E-state index contributed by atoms with van der Waals surface area (Å²) in [5, 5.41) is 14.8. The molecule has 33 heavy (non-hydrogen) atoms. The average Bonchev–Trinajstić information content (AvgIpc) is 3.31. The molecule has 1 fully saturated rings. The number of hydrogen-bond acceptors (Lipinski definition) is 6. The minimum absolute atomic E-state index is 0.00576. The van der Waals surface area contributed by atoms with Gasteiger partial charge in [-0.05, 0) is 61.7 Å². The molecule has 1 aromatic heterocycles. The fraction of sp³-hybridized carbons (Fsp3) is 0.304. The van der Waals surface area contributed by atoms with Gasteiger partial charge in [-0.1, -0.05) is 17.4 Å². The highest BCUT2D eigenvalue weighted by atomic mass is 32.1. The number of aryl methyl sites for hydroxylation is 1. The first-order chi connectivity index (χ1) is 15.9. The zero-order valence-electron chi connectivity index (χ0n) is 18.3. The summed E-state index contributed by atoms with van der Waals surface area (Å²) in [6, 6.07) is 10.9. The van der Waals surface area contributed by atoms with E-state index in [1.165, 1.54) is 35.6 Å². The number of urea groups is 1. The van der Waals surface area contributed by atoms with Crippen LogP contribution >= 0.6 is 11.3 Å². The molecule has 0 aliphatic carbocycles. The lowest BCUT2D eigenvalue weighted by atomic mass is 9.99. The van der Waals surface area contributed by atoms with Gasteiger partial charge in [-0.2, -0.15) is 0 Å². The van der Waals surface area contributed by atoms with Gasteiger partial charge >= 0.3 is 6.03 Å². The molecule has 0 spiro atoms. The summed E-state index contributed by atoms with van der Waals surface area (Å²) >= 11 is 1.21. The number of halogens is 1. The summed E-state index contributed by atoms with van der Waals surface area (Å²) in [6.45, 7) is 3.06. The van der Waals surface area contributed by atoms with E-state index in [0.29, 0.717) is 35.2 Å². The van der Waals surface area contributed by atoms with Crippen LogP contribution in [0.3, 0.4) is 0 Å². The van der Waals surface area contributed by atoms with Crippen LogP contribution in [0.1, 0.15) is 39.1 Å². The molecular weight excluding hydrogens is 445 g/mol. The quantitative estimate of drug-likeness (QED) is 0.567. The fourth-order valence-electron chi connectivity index (χ4n) is 3.69. The van der Waals surface area contributed by atoms with Crippen molar-refractivity contribution in [2.75, 3.05) is 30.8 Å². The third-order valence-electron chi connectivity index (χ3n) is 5.39. The highest BCUT2D eigenvalue weighted by Crippen LogP contribution is 2.31. The lowest BCUT2D eigenvalue weighted by molar-refractivity contribution is 0.102. The Morgan fingerprint density at radius 2 is 1.94 bits per heavy atom. The van der Waals surface area contributed by atoms with E-state index in [0.717, 1.165) is 18.4 Å². The Labute approximate surface area is 194 Å². The van der Waals surface area contributed by atoms with Crippen LogP contribution in [0.25, 0.3) is 0 Å². The molecule has 10 heteroatoms. The number of anilines is 2. The van der Waals surface area contributed by atoms with Gasteiger partial charge in [0.1, 0.15) is 16.6 Å². The zero-order valence-corrected chi connectivity index (χ0v) is 19.1. The van der Waals surface area contributed by atoms with Crippen LogP contribution in [0, 0.1) is 12.7 Å². The molecule has 1 atom stereocenters. The summed E-state index contributed by atoms with van der Waals surface area (Å²) in [6.07, 6.45) is 1.67. The van der Waals surface area contributed by atoms with Crippen molar-refractivity contribution in [1.82, 2.24) is 15.1 Å². The number of carbonyl (C=O) groups excluding carboxylic acids is 2. The van der Waals surface area contributed by atoms with Crippen LogP contribution in [-0.4, -0.2) is 47.2 Å². The Hall–Kier alpha value is -3.53. The highest BCUT2D eigenvalue weighted by molar-refractivity contribution is 7.13. The van der Waals surface area contributed by atoms with Crippen molar-refractivity contribution in [1.29, 1.82) is 0 Å². The smallest absolute Gasteiger partial charge is 0.321 e. The number of likely N-dealkylation sites (tertiary alicyclic amines) is 1. The number of methoxy groups -OCH3 is 1. The van der Waals surface area contributed by atoms with Gasteiger partial charge in [0.05, 0.1) is 12.8 Å². The monoisotopic (exact) mass is 469 g/mol. The van der Waals surface area contributed by atoms with Crippen molar-refractivity contribution in [3.63, 3.8) is 0 Å². The second-order valence-electron chi connectivity index (χ2n) is 7.83. The van der Waals surface area contributed by atoms with Crippen molar-refractivity contribution in [2.24, 2.45) is 0 Å². The number of carbonyl (C=O) groups is 2. The number of nitrogens with zero attached hydrogens (tertiary/aromatic N) is 3. The highest BCUT2D eigenvalue weighted by Gasteiger charge is 2.28. The number of hydrogen-bond donors (Lipinski definition) is 2. The number of piperidine rings is 1. The molecule has 0 bridgehead atoms. The van der Waals surface area contributed by atoms with Crippen LogP contribution in [0.2, 0.25) is 0 Å². The molecule has 172 valence electrons. The maximum atomic E-state index is 13.1. The molecule has 0 saturated carbocycles. The number of nitrogens with one attached hydrogen (secondary N) is 2. The largest absolute Gasteiger partial charge is 0.495 e. The van der Waals surface area contributed by atoms with E-state index < -0.39 is 5.91 Å². The molecule has 8 nitrogen and oxygen atoms in total. The van der Waals surface area contributed by atoms with Crippen LogP contribution in [0.4, 0.5) is 20.6 Å². The molecule has 1 aliphatic heterocycles. The topological polar surface area (TPSA) is 96.4 Å². The van der Waals surface area contributed by atoms with E-state index in [1.807, 2.05) is 25.1 Å². The third kappa shape index (κ3) is 5.46. The first-order valence-corrected chi connectivity index (χ1v) is 11.4. The van der Waals surface area contributed by atoms with Gasteiger partial charge in [0, 0.05) is 24.7 Å². The average molecular weight is 470 g/mol. The van der Waals surface area contributed by atoms with Crippen LogP contribution in [0.15, 0.2) is 42.5 Å². The molecule has 2 N–H and O–H groups in total. The van der Waals surface area contributed by atoms with Gasteiger partial charge in [0.15, 0.2) is 0 Å². The molecule has 0 radical (unpaired) electrons. The van der Waals surface area contributed by atoms with Gasteiger partial charge in [-0.25, -0.2) is 9.18 Å². The molecule has 2 heterocycles. The number of rotatable bonds is 5. The lowest BCUT2D eigenvalue weighted by Gasteiger charge is -2.31. The summed E-state index contributed by atoms with van der Waals surface area (Å²) in [5.41, 5.74) is 2.12. The Bertz CT molecular complexity index is 1150. The van der Waals surface area contributed by atoms with E-state index >= 15 is 0 Å². The zero-order chi connectivity index (χ0) is 23.4. The molecule has 1 aliphatic rings. The van der Waals surface area contributed by atoms with Crippen molar-refractivity contribution in [3.8, 4) is 5.75 Å². The third-order valence-corrected chi connectivity index (χ3v) is 6.48. The van der Waals surface area contributed by atoms with Gasteiger partial charge < -0.3 is 20.3 Å². The van der Waals surface area contributed by atoms with Crippen molar-refractivity contribution < 1.29 is 18.7 Å². The van der Waals surface area contributed by atoms with Crippen molar-refractivity contribution >= 4 is 34.6 Å². The first-order valence-electron chi connectivity index (χ1n) is 10.5. The van der Waals surface area contributed by atoms with Crippen LogP contribution in [0.5, 0.6) is 5.75 Å². The minimum atomic E-state index is -0.401. The second-order valence-corrected chi connectivity index (χ2v) is 8.83. The molecule has 2 aromatic carbocycles. The number of aromatic nitrogens is 2. The van der Waals surface area contributed by atoms with E-state index in [4.69, 9.17) is 4.74 Å². The normalized spacial score (nSPS) is 15.7. The van der Waals surface area contributed by atoms with Crippen molar-refractivity contribution in [3.05, 3.63) is 63.9 Å². The summed E-state index contributed by atoms with van der Waals surface area (Å²) in [7, 11) is 1.57. The van der Waals surface area contributed by atoms with E-state index in [9.17, 15) is 14.0 Å². The van der Waals surface area contributed by atoms with Gasteiger partial charge in [-0.15, -0.1) is 10.2 Å². The number of benzene rings is 2. The number of ether oxygens (including phenoxy) is 1. The number of amides is 3. The Morgan fingerprint density at radius 1 is 1.15 bits per heavy atom. The predicted octanol–water partition coefficient (Wildman–Crippen LogP) is 4.66. The van der Waals surface area contributed by atoms with Crippen LogP contribution in [-0.2, 0) is 0 Å². The molecule has 0 unspecified atom stereocenters. The predicted molar refractivity (Wildman–Crippen MR) is 125 cm³/mol. The molecular formula is C23H24FN5O3S. The first kappa shape index (κ1) is 22.7. The molecule has 3 aromatic rings. The molecule has 1 saturated heterocycles. The van der Waals surface area contributed by atoms with Crippen LogP contribution < -0.4 is 15.4 Å². The van der Waals surface area contributed by atoms with Crippen molar-refractivity contribution in [2.45, 2.75) is 25.7 Å². The standard InChI is InChI=1S/C23H24FN5O3S/c1-14-5-10-19(32-2)18(12-14)26-23(31)29-11-3-4-15(13-29)21-27-28-22(33-21)20(30)25-17-8-6-16(24)7-9-17/h5-10,12,15H,3-4,11,13H2,1-2H3,(H,25,30)(H,26,31)/t15-/m1/s1. The lowest BCUT2D eigenvalue weighted by Crippen LogP contribution is -2.41. The summed E-state index contributed by atoms with van der Waals surface area (Å²) in [4.78, 5) is 27.1. The van der Waals surface area contributed by atoms with Gasteiger partial charge in [0.2, 0.25) is 5.01 Å². The minimum Gasteiger partial charge on any atom is -0.495 e. The van der Waals surface area contributed by atoms with Gasteiger partial charge in [0.25, 0.3) is 5.91 Å². The van der Waals surface area contributed by atoms with E-state index in [-0.39, 0.29) is 22.8 Å². The van der Waals surface area contributed by atoms with Gasteiger partial charge in [-0.3, -0.25) is 4.79 Å². The SMILES string of the molecule is COc1ccc(C)cc1NC(=O)N1CCC[C@@H](c2nnc(C(=O)Nc3ccc(F)cc3)s2)C1. The second kappa shape index (κ2) is 9.95. The maximum Gasteiger partial charge on any atom is 0.321 e.